The van der Waals surface area contributed by atoms with Crippen LogP contribution in [-0.2, 0) is 35.3 Å². The fourth-order valence-corrected chi connectivity index (χ4v) is 4.90. The summed E-state index contributed by atoms with van der Waals surface area (Å²) in [6, 6.07) is 19.8. The van der Waals surface area contributed by atoms with E-state index in [2.05, 4.69) is 16.7 Å². The van der Waals surface area contributed by atoms with E-state index in [1.165, 1.54) is 5.56 Å². The van der Waals surface area contributed by atoms with E-state index in [0.717, 1.165) is 53.2 Å². The van der Waals surface area contributed by atoms with Gasteiger partial charge < -0.3 is 29.6 Å². The van der Waals surface area contributed by atoms with Crippen molar-refractivity contribution in [3.8, 4) is 23.0 Å². The number of amides is 2. The Balaban J connectivity index is 1.40. The summed E-state index contributed by atoms with van der Waals surface area (Å²) in [6.45, 7) is 1.09. The van der Waals surface area contributed by atoms with E-state index in [1.54, 1.807) is 28.4 Å². The molecule has 0 saturated carbocycles. The third kappa shape index (κ3) is 10.3. The normalized spacial score (nSPS) is 10.6. The van der Waals surface area contributed by atoms with E-state index in [1.807, 2.05) is 54.6 Å². The van der Waals surface area contributed by atoms with Crippen LogP contribution in [0, 0.1) is 0 Å². The zero-order chi connectivity index (χ0) is 30.2. The molecule has 0 aliphatic rings. The zero-order valence-corrected chi connectivity index (χ0v) is 25.3. The molecule has 2 N–H and O–H groups in total. The summed E-state index contributed by atoms with van der Waals surface area (Å²) in [4.78, 5) is 24.6. The van der Waals surface area contributed by atoms with Crippen LogP contribution >= 0.6 is 0 Å². The van der Waals surface area contributed by atoms with Crippen LogP contribution in [0.15, 0.2) is 60.7 Å². The van der Waals surface area contributed by atoms with Crippen molar-refractivity contribution < 1.29 is 28.5 Å². The van der Waals surface area contributed by atoms with Crippen LogP contribution in [0.1, 0.15) is 47.9 Å². The summed E-state index contributed by atoms with van der Waals surface area (Å²) in [5.74, 6) is 3.06. The van der Waals surface area contributed by atoms with Gasteiger partial charge in [0.2, 0.25) is 11.8 Å². The van der Waals surface area contributed by atoms with E-state index in [4.69, 9.17) is 18.9 Å². The van der Waals surface area contributed by atoms with E-state index in [0.29, 0.717) is 50.9 Å². The Labute approximate surface area is 249 Å². The largest absolute Gasteiger partial charge is 0.497 e. The third-order valence-electron chi connectivity index (χ3n) is 7.19. The van der Waals surface area contributed by atoms with Gasteiger partial charge in [-0.15, -0.1) is 0 Å². The highest BCUT2D eigenvalue weighted by Gasteiger charge is 2.15. The molecule has 3 rings (SSSR count). The van der Waals surface area contributed by atoms with Crippen molar-refractivity contribution in [3.63, 3.8) is 0 Å². The minimum absolute atomic E-state index is 0.00756. The summed E-state index contributed by atoms with van der Waals surface area (Å²) in [5.41, 5.74) is 4.47. The average Bonchev–Trinajstić information content (AvgIpc) is 3.02. The second-order valence-corrected chi connectivity index (χ2v) is 10.0. The number of nitrogens with one attached hydrogen (secondary N) is 2. The van der Waals surface area contributed by atoms with Crippen LogP contribution in [0.25, 0.3) is 0 Å². The Morgan fingerprint density at radius 1 is 0.619 bits per heavy atom. The first kappa shape index (κ1) is 32.3. The number of aryl methyl sites for hydroxylation is 1. The number of unbranched alkanes of at least 4 members (excludes halogenated alkanes) is 1. The maximum atomic E-state index is 12.5. The highest BCUT2D eigenvalue weighted by atomic mass is 16.5. The topological polar surface area (TPSA) is 95.1 Å². The number of methoxy groups -OCH3 is 4. The molecule has 42 heavy (non-hydrogen) atoms. The number of ether oxygens (including phenoxy) is 4. The summed E-state index contributed by atoms with van der Waals surface area (Å²) < 4.78 is 21.9. The quantitative estimate of drug-likeness (QED) is 0.205. The van der Waals surface area contributed by atoms with Crippen molar-refractivity contribution in [1.82, 2.24) is 10.6 Å². The molecule has 0 radical (unpaired) electrons. The fourth-order valence-electron chi connectivity index (χ4n) is 4.90. The molecule has 8 heteroatoms. The van der Waals surface area contributed by atoms with Gasteiger partial charge in [0, 0.05) is 31.5 Å². The van der Waals surface area contributed by atoms with E-state index in [-0.39, 0.29) is 11.8 Å². The second-order valence-electron chi connectivity index (χ2n) is 10.0. The van der Waals surface area contributed by atoms with Crippen LogP contribution in [0.4, 0.5) is 0 Å². The van der Waals surface area contributed by atoms with Crippen molar-refractivity contribution >= 4 is 11.8 Å². The highest BCUT2D eigenvalue weighted by molar-refractivity contribution is 5.77. The number of benzene rings is 3. The lowest BCUT2D eigenvalue weighted by molar-refractivity contribution is -0.123. The predicted octanol–water partition coefficient (Wildman–Crippen LogP) is 5.08. The molecule has 0 bridgehead atoms. The smallest absolute Gasteiger partial charge is 0.220 e. The Morgan fingerprint density at radius 3 is 1.74 bits per heavy atom. The minimum atomic E-state index is -0.00756. The Bertz CT molecular complexity index is 1290. The van der Waals surface area contributed by atoms with Crippen LogP contribution < -0.4 is 29.6 Å². The molecular formula is C34H44N2O6. The highest BCUT2D eigenvalue weighted by Crippen LogP contribution is 2.35. The monoisotopic (exact) mass is 576 g/mol. The molecule has 8 nitrogen and oxygen atoms in total. The molecule has 226 valence electrons. The van der Waals surface area contributed by atoms with Gasteiger partial charge in [-0.1, -0.05) is 30.3 Å². The van der Waals surface area contributed by atoms with Gasteiger partial charge in [-0.2, -0.15) is 0 Å². The third-order valence-corrected chi connectivity index (χ3v) is 7.19. The standard InChI is InChI=1S/C34H44N2O6/c1-39-28-11-7-9-25(23-28)15-17-30-27(16-18-31(41-3)34(30)42-4)20-22-36-33(38)14-6-5-13-32(37)35-21-19-26-10-8-12-29(24-26)40-2/h7-12,16,18,23-24H,5-6,13-15,17,19-22H2,1-4H3,(H,35,37)(H,36,38). The first-order valence-electron chi connectivity index (χ1n) is 14.5. The lowest BCUT2D eigenvalue weighted by atomic mass is 9.96. The zero-order valence-electron chi connectivity index (χ0n) is 25.3. The lowest BCUT2D eigenvalue weighted by Crippen LogP contribution is -2.26. The molecule has 0 atom stereocenters. The average molecular weight is 577 g/mol. The van der Waals surface area contributed by atoms with Crippen molar-refractivity contribution in [1.29, 1.82) is 0 Å². The molecule has 0 aromatic heterocycles. The Kier molecular flexibility index (Phi) is 13.5. The maximum Gasteiger partial charge on any atom is 0.220 e. The van der Waals surface area contributed by atoms with Gasteiger partial charge in [0.05, 0.1) is 28.4 Å². The molecule has 0 heterocycles. The molecule has 0 aliphatic heterocycles. The van der Waals surface area contributed by atoms with E-state index >= 15 is 0 Å². The van der Waals surface area contributed by atoms with E-state index < -0.39 is 0 Å². The minimum Gasteiger partial charge on any atom is -0.497 e. The van der Waals surface area contributed by atoms with Gasteiger partial charge in [0.1, 0.15) is 11.5 Å². The molecule has 0 saturated heterocycles. The second kappa shape index (κ2) is 17.6. The maximum absolute atomic E-state index is 12.5. The molecule has 0 spiro atoms. The van der Waals surface area contributed by atoms with Gasteiger partial charge in [-0.3, -0.25) is 9.59 Å². The van der Waals surface area contributed by atoms with Gasteiger partial charge in [0.25, 0.3) is 0 Å². The van der Waals surface area contributed by atoms with Crippen molar-refractivity contribution in [2.75, 3.05) is 41.5 Å². The Hall–Kier alpha value is -4.20. The first-order chi connectivity index (χ1) is 20.5. The predicted molar refractivity (Wildman–Crippen MR) is 165 cm³/mol. The molecule has 3 aromatic carbocycles. The fraction of sp³-hybridized carbons (Fsp3) is 0.412. The van der Waals surface area contributed by atoms with E-state index in [9.17, 15) is 9.59 Å². The summed E-state index contributed by atoms with van der Waals surface area (Å²) in [5, 5.41) is 5.98. The molecule has 2 amide bonds. The molecular weight excluding hydrogens is 532 g/mol. The number of hydrogen-bond donors (Lipinski definition) is 2. The number of rotatable bonds is 18. The molecule has 0 unspecified atom stereocenters. The number of carbonyl (C=O) groups excluding carboxylic acids is 2. The summed E-state index contributed by atoms with van der Waals surface area (Å²) in [7, 11) is 6.59. The van der Waals surface area contributed by atoms with Gasteiger partial charge in [-0.05, 0) is 85.5 Å². The van der Waals surface area contributed by atoms with Crippen molar-refractivity contribution in [2.45, 2.75) is 51.4 Å². The molecule has 3 aromatic rings. The first-order valence-corrected chi connectivity index (χ1v) is 14.5. The van der Waals surface area contributed by atoms with Crippen molar-refractivity contribution in [3.05, 3.63) is 82.9 Å². The molecule has 0 aliphatic carbocycles. The lowest BCUT2D eigenvalue weighted by Gasteiger charge is -2.17. The van der Waals surface area contributed by atoms with Gasteiger partial charge >= 0.3 is 0 Å². The summed E-state index contributed by atoms with van der Waals surface area (Å²) in [6.07, 6.45) is 5.13. The van der Waals surface area contributed by atoms with Crippen LogP contribution in [0.5, 0.6) is 23.0 Å². The number of hydrogen-bond acceptors (Lipinski definition) is 6. The molecule has 0 fully saturated rings. The van der Waals surface area contributed by atoms with Crippen LogP contribution in [-0.4, -0.2) is 53.3 Å². The van der Waals surface area contributed by atoms with Gasteiger partial charge in [0.15, 0.2) is 11.5 Å². The summed E-state index contributed by atoms with van der Waals surface area (Å²) >= 11 is 0. The van der Waals surface area contributed by atoms with Gasteiger partial charge in [-0.25, -0.2) is 0 Å². The number of carbonyl (C=O) groups is 2. The SMILES string of the molecule is COc1cccc(CCNC(=O)CCCCC(=O)NCCc2ccc(OC)c(OC)c2CCc2cccc(OC)c2)c1. The van der Waals surface area contributed by atoms with Crippen LogP contribution in [0.3, 0.4) is 0 Å². The van der Waals surface area contributed by atoms with Crippen LogP contribution in [0.2, 0.25) is 0 Å². The Morgan fingerprint density at radius 2 is 1.19 bits per heavy atom. The van der Waals surface area contributed by atoms with Crippen molar-refractivity contribution in [2.24, 2.45) is 0 Å².